The van der Waals surface area contributed by atoms with Crippen molar-refractivity contribution in [3.05, 3.63) is 47.4 Å². The maximum atomic E-state index is 5.96. The van der Waals surface area contributed by atoms with E-state index >= 15 is 0 Å². The molecule has 1 atom stereocenters. The number of hydrogen-bond acceptors (Lipinski definition) is 3. The van der Waals surface area contributed by atoms with Crippen molar-refractivity contribution in [1.29, 1.82) is 0 Å². The monoisotopic (exact) mass is 344 g/mol. The Labute approximate surface area is 149 Å². The minimum Gasteiger partial charge on any atom is -0.304 e. The van der Waals surface area contributed by atoms with Crippen molar-refractivity contribution in [2.45, 2.75) is 38.3 Å². The van der Waals surface area contributed by atoms with E-state index in [4.69, 9.17) is 11.6 Å². The zero-order valence-corrected chi connectivity index (χ0v) is 14.8. The predicted molar refractivity (Wildman–Crippen MR) is 97.7 cm³/mol. The lowest BCUT2D eigenvalue weighted by molar-refractivity contribution is 0.109. The van der Waals surface area contributed by atoms with Crippen molar-refractivity contribution in [1.82, 2.24) is 19.4 Å². The van der Waals surface area contributed by atoms with Crippen LogP contribution in [0.5, 0.6) is 0 Å². The van der Waals surface area contributed by atoms with Crippen LogP contribution in [-0.2, 0) is 6.54 Å². The zero-order chi connectivity index (χ0) is 16.4. The van der Waals surface area contributed by atoms with Crippen LogP contribution in [0.25, 0.3) is 5.82 Å². The summed E-state index contributed by atoms with van der Waals surface area (Å²) in [7, 11) is 0. The van der Waals surface area contributed by atoms with Crippen LogP contribution in [-0.4, -0.2) is 51.6 Å². The van der Waals surface area contributed by atoms with Gasteiger partial charge in [-0.1, -0.05) is 11.6 Å². The third-order valence-electron chi connectivity index (χ3n) is 5.32. The van der Waals surface area contributed by atoms with E-state index in [-0.39, 0.29) is 0 Å². The lowest BCUT2D eigenvalue weighted by atomic mass is 10.0. The minimum absolute atomic E-state index is 0.678. The summed E-state index contributed by atoms with van der Waals surface area (Å²) in [4.78, 5) is 9.76. The van der Waals surface area contributed by atoms with Crippen LogP contribution >= 0.6 is 11.6 Å². The predicted octanol–water partition coefficient (Wildman–Crippen LogP) is 3.59. The molecule has 2 fully saturated rings. The average molecular weight is 345 g/mol. The van der Waals surface area contributed by atoms with Crippen LogP contribution in [0, 0.1) is 0 Å². The molecule has 2 aliphatic heterocycles. The Morgan fingerprint density at radius 3 is 2.75 bits per heavy atom. The van der Waals surface area contributed by atoms with Gasteiger partial charge in [0.2, 0.25) is 0 Å². The van der Waals surface area contributed by atoms with Crippen molar-refractivity contribution in [2.75, 3.05) is 26.2 Å². The van der Waals surface area contributed by atoms with Crippen molar-refractivity contribution < 1.29 is 0 Å². The van der Waals surface area contributed by atoms with E-state index in [1.807, 2.05) is 12.1 Å². The molecule has 4 rings (SSSR count). The summed E-state index contributed by atoms with van der Waals surface area (Å²) in [5.74, 6) is 0.938. The molecule has 24 heavy (non-hydrogen) atoms. The molecule has 0 N–H and O–H groups in total. The highest BCUT2D eigenvalue weighted by Crippen LogP contribution is 2.22. The summed E-state index contributed by atoms with van der Waals surface area (Å²) < 4.78 is 2.18. The van der Waals surface area contributed by atoms with E-state index in [0.717, 1.165) is 18.4 Å². The number of nitrogens with zero attached hydrogens (tertiary/aromatic N) is 4. The van der Waals surface area contributed by atoms with E-state index in [9.17, 15) is 0 Å². The smallest absolute Gasteiger partial charge is 0.136 e. The fraction of sp³-hybridized carbons (Fsp3) is 0.526. The maximum Gasteiger partial charge on any atom is 0.136 e. The Morgan fingerprint density at radius 2 is 1.96 bits per heavy atom. The van der Waals surface area contributed by atoms with E-state index in [0.29, 0.717) is 5.02 Å². The van der Waals surface area contributed by atoms with Crippen molar-refractivity contribution in [2.24, 2.45) is 0 Å². The fourth-order valence-corrected chi connectivity index (χ4v) is 4.20. The highest BCUT2D eigenvalue weighted by Gasteiger charge is 2.27. The van der Waals surface area contributed by atoms with Gasteiger partial charge < -0.3 is 4.57 Å². The number of likely N-dealkylation sites (tertiary alicyclic amines) is 2. The van der Waals surface area contributed by atoms with Crippen molar-refractivity contribution in [3.8, 4) is 5.82 Å². The summed E-state index contributed by atoms with van der Waals surface area (Å²) in [5, 5.41) is 0.678. The van der Waals surface area contributed by atoms with Gasteiger partial charge in [-0.15, -0.1) is 0 Å². The Hall–Kier alpha value is -1.36. The van der Waals surface area contributed by atoms with Gasteiger partial charge in [0.05, 0.1) is 5.02 Å². The van der Waals surface area contributed by atoms with Gasteiger partial charge in [0.25, 0.3) is 0 Å². The van der Waals surface area contributed by atoms with Crippen molar-refractivity contribution >= 4 is 11.6 Å². The highest BCUT2D eigenvalue weighted by molar-refractivity contribution is 6.30. The standard InChI is InChI=1S/C19H25ClN4/c20-16-7-8-19(21-13-16)24-12-4-6-18(24)15-22-9-3-5-17(14-22)23-10-1-2-11-23/h4,6-8,12-13,17H,1-3,5,9-11,14-15H2. The van der Waals surface area contributed by atoms with Crippen LogP contribution in [0.1, 0.15) is 31.4 Å². The van der Waals surface area contributed by atoms with E-state index < -0.39 is 0 Å². The first kappa shape index (κ1) is 16.1. The fourth-order valence-electron chi connectivity index (χ4n) is 4.09. The molecule has 1 unspecified atom stereocenters. The number of aromatic nitrogens is 2. The molecule has 4 heterocycles. The Bertz CT molecular complexity index is 660. The number of rotatable bonds is 4. The van der Waals surface area contributed by atoms with Gasteiger partial charge >= 0.3 is 0 Å². The lowest BCUT2D eigenvalue weighted by Crippen LogP contribution is -2.46. The number of pyridine rings is 1. The molecule has 0 spiro atoms. The first-order valence-corrected chi connectivity index (χ1v) is 9.42. The molecule has 128 valence electrons. The molecule has 0 aliphatic carbocycles. The van der Waals surface area contributed by atoms with Crippen LogP contribution in [0.15, 0.2) is 36.7 Å². The second-order valence-corrected chi connectivity index (χ2v) is 7.41. The van der Waals surface area contributed by atoms with Gasteiger partial charge in [0, 0.05) is 37.2 Å². The molecular formula is C19H25ClN4. The lowest BCUT2D eigenvalue weighted by Gasteiger charge is -2.37. The number of piperidine rings is 1. The quantitative estimate of drug-likeness (QED) is 0.847. The molecule has 0 saturated carbocycles. The Balaban J connectivity index is 1.45. The van der Waals surface area contributed by atoms with Gasteiger partial charge in [-0.3, -0.25) is 9.80 Å². The second-order valence-electron chi connectivity index (χ2n) is 6.98. The maximum absolute atomic E-state index is 5.96. The Kier molecular flexibility index (Phi) is 4.88. The summed E-state index contributed by atoms with van der Waals surface area (Å²) in [6, 6.07) is 8.94. The van der Waals surface area contributed by atoms with Gasteiger partial charge in [0.1, 0.15) is 5.82 Å². The molecule has 4 nitrogen and oxygen atoms in total. The topological polar surface area (TPSA) is 24.3 Å². The minimum atomic E-state index is 0.678. The van der Waals surface area contributed by atoms with Crippen LogP contribution in [0.3, 0.4) is 0 Å². The molecule has 2 aromatic heterocycles. The third-order valence-corrected chi connectivity index (χ3v) is 5.54. The molecule has 2 aromatic rings. The number of halogens is 1. The van der Waals surface area contributed by atoms with Crippen molar-refractivity contribution in [3.63, 3.8) is 0 Å². The van der Waals surface area contributed by atoms with Gasteiger partial charge in [-0.25, -0.2) is 4.98 Å². The molecule has 2 aliphatic rings. The SMILES string of the molecule is Clc1ccc(-n2cccc2CN2CCCC(N3CCCC3)C2)nc1. The van der Waals surface area contributed by atoms with E-state index in [1.165, 1.54) is 57.6 Å². The molecule has 0 aromatic carbocycles. The first-order chi connectivity index (χ1) is 11.8. The average Bonchev–Trinajstić information content (AvgIpc) is 3.28. The second kappa shape index (κ2) is 7.26. The van der Waals surface area contributed by atoms with Crippen LogP contribution in [0.4, 0.5) is 0 Å². The normalized spacial score (nSPS) is 23.0. The van der Waals surface area contributed by atoms with Crippen LogP contribution in [0.2, 0.25) is 5.02 Å². The highest BCUT2D eigenvalue weighted by atomic mass is 35.5. The summed E-state index contributed by atoms with van der Waals surface area (Å²) in [6.45, 7) is 5.97. The molecule has 0 bridgehead atoms. The Morgan fingerprint density at radius 1 is 1.08 bits per heavy atom. The first-order valence-electron chi connectivity index (χ1n) is 9.04. The summed E-state index contributed by atoms with van der Waals surface area (Å²) in [5.41, 5.74) is 1.30. The molecule has 2 saturated heterocycles. The largest absolute Gasteiger partial charge is 0.304 e. The molecule has 0 radical (unpaired) electrons. The molecule has 5 heteroatoms. The van der Waals surface area contributed by atoms with E-state index in [2.05, 4.69) is 37.7 Å². The summed E-state index contributed by atoms with van der Waals surface area (Å²) in [6.07, 6.45) is 9.22. The zero-order valence-electron chi connectivity index (χ0n) is 14.1. The molecular weight excluding hydrogens is 320 g/mol. The molecule has 0 amide bonds. The van der Waals surface area contributed by atoms with Gasteiger partial charge in [-0.2, -0.15) is 0 Å². The summed E-state index contributed by atoms with van der Waals surface area (Å²) >= 11 is 5.96. The van der Waals surface area contributed by atoms with E-state index in [1.54, 1.807) is 6.20 Å². The third kappa shape index (κ3) is 3.51. The van der Waals surface area contributed by atoms with Gasteiger partial charge in [-0.05, 0) is 69.6 Å². The number of hydrogen-bond donors (Lipinski definition) is 0. The van der Waals surface area contributed by atoms with Gasteiger partial charge in [0.15, 0.2) is 0 Å². The van der Waals surface area contributed by atoms with Crippen LogP contribution < -0.4 is 0 Å².